The molecule has 0 saturated heterocycles. The Morgan fingerprint density at radius 1 is 0.850 bits per heavy atom. The molecule has 0 atom stereocenters. The maximum atomic E-state index is 4.26. The highest BCUT2D eigenvalue weighted by Crippen LogP contribution is 2.19. The van der Waals surface area contributed by atoms with Crippen LogP contribution in [0.25, 0.3) is 11.3 Å². The van der Waals surface area contributed by atoms with Gasteiger partial charge in [-0.1, -0.05) is 74.5 Å². The Bertz CT molecular complexity index is 612. The zero-order valence-electron chi connectivity index (χ0n) is 12.0. The number of rotatable bonds is 3. The smallest absolute Gasteiger partial charge is 0.0954 e. The summed E-state index contributed by atoms with van der Waals surface area (Å²) in [7, 11) is 0. The Hall–Kier alpha value is -2.35. The quantitative estimate of drug-likeness (QED) is 0.674. The summed E-state index contributed by atoms with van der Waals surface area (Å²) in [6.45, 7) is 4.85. The van der Waals surface area contributed by atoms with E-state index < -0.39 is 0 Å². The number of nitrogens with zero attached hydrogens (tertiary/aromatic N) is 2. The molecule has 2 heteroatoms. The third-order valence-electron chi connectivity index (χ3n) is 2.98. The summed E-state index contributed by atoms with van der Waals surface area (Å²) in [5.41, 5.74) is 3.64. The van der Waals surface area contributed by atoms with E-state index in [1.165, 1.54) is 11.1 Å². The maximum Gasteiger partial charge on any atom is 0.0954 e. The van der Waals surface area contributed by atoms with Crippen LogP contribution in [0.5, 0.6) is 0 Å². The zero-order chi connectivity index (χ0) is 14.2. The van der Waals surface area contributed by atoms with Crippen LogP contribution in [0, 0.1) is 0 Å². The van der Waals surface area contributed by atoms with Gasteiger partial charge in [-0.2, -0.15) is 0 Å². The van der Waals surface area contributed by atoms with Crippen LogP contribution >= 0.6 is 0 Å². The highest BCUT2D eigenvalue weighted by atomic mass is 15.0. The SMILES string of the molecule is CC.c1ccc(Cn2cncc2-c2ccccc2)cc1. The molecule has 102 valence electrons. The fourth-order valence-corrected chi connectivity index (χ4v) is 2.08. The third kappa shape index (κ3) is 3.35. The second-order valence-corrected chi connectivity index (χ2v) is 4.26. The van der Waals surface area contributed by atoms with E-state index in [4.69, 9.17) is 0 Å². The van der Waals surface area contributed by atoms with Crippen LogP contribution in [0.1, 0.15) is 19.4 Å². The van der Waals surface area contributed by atoms with Gasteiger partial charge < -0.3 is 4.57 Å². The first-order valence-electron chi connectivity index (χ1n) is 7.03. The van der Waals surface area contributed by atoms with Crippen LogP contribution in [-0.4, -0.2) is 9.55 Å². The van der Waals surface area contributed by atoms with Crippen molar-refractivity contribution in [1.29, 1.82) is 0 Å². The minimum Gasteiger partial charge on any atom is -0.326 e. The molecule has 0 aliphatic heterocycles. The number of hydrogen-bond donors (Lipinski definition) is 0. The molecule has 0 N–H and O–H groups in total. The molecule has 1 aromatic heterocycles. The van der Waals surface area contributed by atoms with Crippen LogP contribution in [0.2, 0.25) is 0 Å². The maximum absolute atomic E-state index is 4.26. The summed E-state index contributed by atoms with van der Waals surface area (Å²) < 4.78 is 2.17. The Morgan fingerprint density at radius 3 is 2.10 bits per heavy atom. The van der Waals surface area contributed by atoms with Gasteiger partial charge in [0.25, 0.3) is 0 Å². The first kappa shape index (κ1) is 14.1. The lowest BCUT2D eigenvalue weighted by Gasteiger charge is -2.08. The molecule has 0 bridgehead atoms. The van der Waals surface area contributed by atoms with Crippen molar-refractivity contribution < 1.29 is 0 Å². The highest BCUT2D eigenvalue weighted by molar-refractivity contribution is 5.58. The standard InChI is InChI=1S/C16H14N2.C2H6/c1-3-7-14(8-4-1)12-18-13-17-11-16(18)15-9-5-2-6-10-15;1-2/h1-11,13H,12H2;1-2H3. The van der Waals surface area contributed by atoms with Gasteiger partial charge in [0.1, 0.15) is 0 Å². The Labute approximate surface area is 120 Å². The van der Waals surface area contributed by atoms with Crippen molar-refractivity contribution in [3.05, 3.63) is 78.8 Å². The van der Waals surface area contributed by atoms with Crippen LogP contribution in [0.15, 0.2) is 73.2 Å². The lowest BCUT2D eigenvalue weighted by atomic mass is 10.1. The fourth-order valence-electron chi connectivity index (χ4n) is 2.08. The monoisotopic (exact) mass is 264 g/mol. The van der Waals surface area contributed by atoms with Gasteiger partial charge in [-0.3, -0.25) is 0 Å². The molecule has 0 unspecified atom stereocenters. The Morgan fingerprint density at radius 2 is 1.45 bits per heavy atom. The van der Waals surface area contributed by atoms with Crippen LogP contribution in [-0.2, 0) is 6.54 Å². The Kier molecular flexibility index (Phi) is 5.13. The number of aromatic nitrogens is 2. The molecule has 1 heterocycles. The predicted octanol–water partition coefficient (Wildman–Crippen LogP) is 4.62. The molecule has 0 aliphatic rings. The molecule has 3 rings (SSSR count). The van der Waals surface area contributed by atoms with Crippen molar-refractivity contribution in [2.75, 3.05) is 0 Å². The summed E-state index contributed by atoms with van der Waals surface area (Å²) in [6, 6.07) is 20.8. The molecular formula is C18H20N2. The van der Waals surface area contributed by atoms with E-state index in [0.29, 0.717) is 0 Å². The number of benzene rings is 2. The van der Waals surface area contributed by atoms with Gasteiger partial charge in [-0.15, -0.1) is 0 Å². The minimum atomic E-state index is 0.852. The fraction of sp³-hybridized carbons (Fsp3) is 0.167. The van der Waals surface area contributed by atoms with E-state index in [1.807, 2.05) is 38.5 Å². The van der Waals surface area contributed by atoms with Crippen molar-refractivity contribution in [1.82, 2.24) is 9.55 Å². The molecular weight excluding hydrogens is 244 g/mol. The minimum absolute atomic E-state index is 0.852. The van der Waals surface area contributed by atoms with Gasteiger partial charge in [0.2, 0.25) is 0 Å². The molecule has 20 heavy (non-hydrogen) atoms. The first-order valence-corrected chi connectivity index (χ1v) is 7.03. The van der Waals surface area contributed by atoms with Gasteiger partial charge in [0.05, 0.1) is 18.2 Å². The van der Waals surface area contributed by atoms with Gasteiger partial charge in [-0.05, 0) is 11.1 Å². The van der Waals surface area contributed by atoms with Crippen LogP contribution < -0.4 is 0 Å². The highest BCUT2D eigenvalue weighted by Gasteiger charge is 2.04. The molecule has 0 fully saturated rings. The third-order valence-corrected chi connectivity index (χ3v) is 2.98. The predicted molar refractivity (Wildman–Crippen MR) is 84.6 cm³/mol. The summed E-state index contributed by atoms with van der Waals surface area (Å²) >= 11 is 0. The molecule has 0 aliphatic carbocycles. The van der Waals surface area contributed by atoms with Crippen LogP contribution in [0.3, 0.4) is 0 Å². The van der Waals surface area contributed by atoms with E-state index in [2.05, 4.69) is 58.1 Å². The number of imidazole rings is 1. The van der Waals surface area contributed by atoms with E-state index in [0.717, 1.165) is 12.2 Å². The largest absolute Gasteiger partial charge is 0.326 e. The molecule has 2 nitrogen and oxygen atoms in total. The topological polar surface area (TPSA) is 17.8 Å². The summed E-state index contributed by atoms with van der Waals surface area (Å²) in [5.74, 6) is 0. The molecule has 0 radical (unpaired) electrons. The van der Waals surface area contributed by atoms with Crippen molar-refractivity contribution in [2.24, 2.45) is 0 Å². The second kappa shape index (κ2) is 7.29. The molecule has 2 aromatic carbocycles. The van der Waals surface area contributed by atoms with Crippen LogP contribution in [0.4, 0.5) is 0 Å². The lowest BCUT2D eigenvalue weighted by molar-refractivity contribution is 0.805. The van der Waals surface area contributed by atoms with Gasteiger partial charge in [0.15, 0.2) is 0 Å². The summed E-state index contributed by atoms with van der Waals surface area (Å²) in [6.07, 6.45) is 3.80. The summed E-state index contributed by atoms with van der Waals surface area (Å²) in [4.78, 5) is 4.26. The van der Waals surface area contributed by atoms with E-state index in [-0.39, 0.29) is 0 Å². The van der Waals surface area contributed by atoms with E-state index >= 15 is 0 Å². The average Bonchev–Trinajstić information content (AvgIpc) is 2.99. The van der Waals surface area contributed by atoms with Crippen molar-refractivity contribution in [2.45, 2.75) is 20.4 Å². The molecule has 3 aromatic rings. The normalized spacial score (nSPS) is 9.70. The molecule has 0 saturated carbocycles. The van der Waals surface area contributed by atoms with E-state index in [1.54, 1.807) is 0 Å². The molecule has 0 amide bonds. The van der Waals surface area contributed by atoms with Crippen molar-refractivity contribution >= 4 is 0 Å². The van der Waals surface area contributed by atoms with Gasteiger partial charge >= 0.3 is 0 Å². The lowest BCUT2D eigenvalue weighted by Crippen LogP contribution is -1.99. The zero-order valence-corrected chi connectivity index (χ0v) is 12.0. The van der Waals surface area contributed by atoms with Gasteiger partial charge in [0, 0.05) is 6.54 Å². The summed E-state index contributed by atoms with van der Waals surface area (Å²) in [5, 5.41) is 0. The number of hydrogen-bond acceptors (Lipinski definition) is 1. The van der Waals surface area contributed by atoms with Crippen molar-refractivity contribution in [3.63, 3.8) is 0 Å². The Balaban J connectivity index is 0.000000704. The van der Waals surface area contributed by atoms with E-state index in [9.17, 15) is 0 Å². The van der Waals surface area contributed by atoms with Gasteiger partial charge in [-0.25, -0.2) is 4.98 Å². The first-order chi connectivity index (χ1) is 9.93. The average molecular weight is 264 g/mol. The second-order valence-electron chi connectivity index (χ2n) is 4.26. The molecule has 0 spiro atoms. The van der Waals surface area contributed by atoms with Crippen molar-refractivity contribution in [3.8, 4) is 11.3 Å².